The molecule has 0 aromatic carbocycles. The van der Waals surface area contributed by atoms with E-state index < -0.39 is 5.97 Å². The number of imidazole rings is 1. The van der Waals surface area contributed by atoms with Crippen molar-refractivity contribution in [1.82, 2.24) is 9.55 Å². The van der Waals surface area contributed by atoms with Gasteiger partial charge in [0, 0.05) is 7.05 Å². The molecular formula is C7H10N2O2. The van der Waals surface area contributed by atoms with Crippen molar-refractivity contribution >= 4 is 5.97 Å². The Kier molecular flexibility index (Phi) is 1.94. The number of aromatic nitrogens is 2. The van der Waals surface area contributed by atoms with Gasteiger partial charge in [0.15, 0.2) is 0 Å². The molecule has 0 saturated heterocycles. The third kappa shape index (κ3) is 1.58. The molecule has 0 atom stereocenters. The second-order valence-electron chi connectivity index (χ2n) is 2.46. The number of hydrogen-bond acceptors (Lipinski definition) is 2. The Morgan fingerprint density at radius 2 is 2.45 bits per heavy atom. The summed E-state index contributed by atoms with van der Waals surface area (Å²) in [6.07, 6.45) is 1.66. The maximum absolute atomic E-state index is 10.3. The first-order chi connectivity index (χ1) is 5.11. The predicted octanol–water partition coefficient (Wildman–Crippen LogP) is 0.356. The number of carboxylic acids is 1. The molecule has 1 rings (SSSR count). The van der Waals surface area contributed by atoms with Gasteiger partial charge in [0.25, 0.3) is 0 Å². The zero-order valence-corrected chi connectivity index (χ0v) is 6.53. The first-order valence-corrected chi connectivity index (χ1v) is 3.30. The van der Waals surface area contributed by atoms with Gasteiger partial charge in [-0.3, -0.25) is 4.79 Å². The van der Waals surface area contributed by atoms with E-state index >= 15 is 0 Å². The Balaban J connectivity index is 2.92. The molecule has 0 unspecified atom stereocenters. The van der Waals surface area contributed by atoms with Gasteiger partial charge >= 0.3 is 5.97 Å². The molecule has 0 spiro atoms. The molecule has 0 bridgehead atoms. The summed E-state index contributed by atoms with van der Waals surface area (Å²) >= 11 is 0. The van der Waals surface area contributed by atoms with E-state index in [2.05, 4.69) is 4.98 Å². The second-order valence-corrected chi connectivity index (χ2v) is 2.46. The van der Waals surface area contributed by atoms with E-state index in [1.54, 1.807) is 24.9 Å². The molecule has 60 valence electrons. The minimum absolute atomic E-state index is 0.0440. The monoisotopic (exact) mass is 154 g/mol. The van der Waals surface area contributed by atoms with Crippen molar-refractivity contribution in [3.8, 4) is 0 Å². The number of carboxylic acid groups (broad SMARTS) is 1. The van der Waals surface area contributed by atoms with Crippen molar-refractivity contribution in [2.24, 2.45) is 7.05 Å². The van der Waals surface area contributed by atoms with Crippen LogP contribution >= 0.6 is 0 Å². The summed E-state index contributed by atoms with van der Waals surface area (Å²) in [4.78, 5) is 14.3. The lowest BCUT2D eigenvalue weighted by Crippen LogP contribution is -2.05. The standard InChI is InChI=1S/C7H10N2O2/c1-5-6(3-7(10)11)9(2)4-8-5/h4H,3H2,1-2H3,(H,10,11). The zero-order chi connectivity index (χ0) is 8.43. The van der Waals surface area contributed by atoms with E-state index in [0.29, 0.717) is 0 Å². The van der Waals surface area contributed by atoms with Crippen LogP contribution in [-0.2, 0) is 18.3 Å². The summed E-state index contributed by atoms with van der Waals surface area (Å²) in [6.45, 7) is 1.80. The van der Waals surface area contributed by atoms with Crippen LogP contribution in [0.15, 0.2) is 6.33 Å². The van der Waals surface area contributed by atoms with Gasteiger partial charge in [-0.25, -0.2) is 4.98 Å². The first kappa shape index (κ1) is 7.78. The molecule has 4 heteroatoms. The number of aliphatic carboxylic acids is 1. The second kappa shape index (κ2) is 2.74. The summed E-state index contributed by atoms with van der Waals surface area (Å²) in [5, 5.41) is 8.49. The highest BCUT2D eigenvalue weighted by Crippen LogP contribution is 2.04. The lowest BCUT2D eigenvalue weighted by atomic mass is 10.2. The molecule has 0 aliphatic carbocycles. The Morgan fingerprint density at radius 3 is 2.82 bits per heavy atom. The highest BCUT2D eigenvalue weighted by molar-refractivity contribution is 5.69. The van der Waals surface area contributed by atoms with Crippen LogP contribution in [0.1, 0.15) is 11.4 Å². The topological polar surface area (TPSA) is 55.1 Å². The van der Waals surface area contributed by atoms with Gasteiger partial charge in [0.2, 0.25) is 0 Å². The van der Waals surface area contributed by atoms with Gasteiger partial charge in [0.05, 0.1) is 24.1 Å². The van der Waals surface area contributed by atoms with E-state index in [-0.39, 0.29) is 6.42 Å². The smallest absolute Gasteiger partial charge is 0.309 e. The van der Waals surface area contributed by atoms with Gasteiger partial charge in [-0.15, -0.1) is 0 Å². The van der Waals surface area contributed by atoms with Crippen LogP contribution in [0, 0.1) is 6.92 Å². The summed E-state index contributed by atoms with van der Waals surface area (Å²) < 4.78 is 1.73. The fourth-order valence-corrected chi connectivity index (χ4v) is 0.968. The molecule has 0 aliphatic rings. The Labute approximate surface area is 64.5 Å². The van der Waals surface area contributed by atoms with Gasteiger partial charge in [0.1, 0.15) is 0 Å². The van der Waals surface area contributed by atoms with Crippen LogP contribution in [0.3, 0.4) is 0 Å². The molecule has 1 heterocycles. The third-order valence-electron chi connectivity index (χ3n) is 1.59. The van der Waals surface area contributed by atoms with Crippen molar-refractivity contribution in [2.75, 3.05) is 0 Å². The van der Waals surface area contributed by atoms with Crippen molar-refractivity contribution in [3.05, 3.63) is 17.7 Å². The van der Waals surface area contributed by atoms with E-state index in [1.807, 2.05) is 0 Å². The third-order valence-corrected chi connectivity index (χ3v) is 1.59. The van der Waals surface area contributed by atoms with Gasteiger partial charge in [-0.1, -0.05) is 0 Å². The van der Waals surface area contributed by atoms with Crippen LogP contribution < -0.4 is 0 Å². The average Bonchev–Trinajstić information content (AvgIpc) is 2.18. The van der Waals surface area contributed by atoms with Gasteiger partial charge in [-0.05, 0) is 6.92 Å². The maximum atomic E-state index is 10.3. The quantitative estimate of drug-likeness (QED) is 0.669. The maximum Gasteiger partial charge on any atom is 0.309 e. The van der Waals surface area contributed by atoms with Crippen LogP contribution in [0.5, 0.6) is 0 Å². The number of rotatable bonds is 2. The van der Waals surface area contributed by atoms with Gasteiger partial charge in [-0.2, -0.15) is 0 Å². The molecule has 1 N–H and O–H groups in total. The molecule has 4 nitrogen and oxygen atoms in total. The lowest BCUT2D eigenvalue weighted by Gasteiger charge is -1.98. The molecule has 0 radical (unpaired) electrons. The number of aryl methyl sites for hydroxylation is 2. The Bertz CT molecular complexity index is 258. The minimum atomic E-state index is -0.822. The molecule has 1 aromatic rings. The number of nitrogens with zero attached hydrogens (tertiary/aromatic N) is 2. The number of carbonyl (C=O) groups is 1. The number of hydrogen-bond donors (Lipinski definition) is 1. The van der Waals surface area contributed by atoms with Crippen LogP contribution in [0.4, 0.5) is 0 Å². The van der Waals surface area contributed by atoms with Crippen LogP contribution in [-0.4, -0.2) is 20.6 Å². The van der Waals surface area contributed by atoms with Crippen molar-refractivity contribution in [3.63, 3.8) is 0 Å². The van der Waals surface area contributed by atoms with Gasteiger partial charge < -0.3 is 9.67 Å². The fraction of sp³-hybridized carbons (Fsp3) is 0.429. The molecule has 0 fully saturated rings. The van der Waals surface area contributed by atoms with E-state index in [1.165, 1.54) is 0 Å². The van der Waals surface area contributed by atoms with E-state index in [4.69, 9.17) is 5.11 Å². The van der Waals surface area contributed by atoms with Crippen LogP contribution in [0.2, 0.25) is 0 Å². The Morgan fingerprint density at radius 1 is 1.82 bits per heavy atom. The molecular weight excluding hydrogens is 144 g/mol. The highest BCUT2D eigenvalue weighted by Gasteiger charge is 2.07. The molecule has 0 amide bonds. The van der Waals surface area contributed by atoms with E-state index in [9.17, 15) is 4.79 Å². The van der Waals surface area contributed by atoms with Crippen molar-refractivity contribution < 1.29 is 9.90 Å². The predicted molar refractivity (Wildman–Crippen MR) is 39.3 cm³/mol. The summed E-state index contributed by atoms with van der Waals surface area (Å²) in [7, 11) is 1.79. The molecule has 0 aliphatic heterocycles. The highest BCUT2D eigenvalue weighted by atomic mass is 16.4. The zero-order valence-electron chi connectivity index (χ0n) is 6.53. The SMILES string of the molecule is Cc1ncn(C)c1CC(=O)O. The largest absolute Gasteiger partial charge is 0.481 e. The van der Waals surface area contributed by atoms with Crippen molar-refractivity contribution in [2.45, 2.75) is 13.3 Å². The molecule has 1 aromatic heterocycles. The average molecular weight is 154 g/mol. The van der Waals surface area contributed by atoms with Crippen molar-refractivity contribution in [1.29, 1.82) is 0 Å². The Hall–Kier alpha value is -1.32. The minimum Gasteiger partial charge on any atom is -0.481 e. The molecule has 0 saturated carbocycles. The van der Waals surface area contributed by atoms with E-state index in [0.717, 1.165) is 11.4 Å². The summed E-state index contributed by atoms with van der Waals surface area (Å²) in [5.41, 5.74) is 1.55. The molecule has 11 heavy (non-hydrogen) atoms. The van der Waals surface area contributed by atoms with Crippen LogP contribution in [0.25, 0.3) is 0 Å². The first-order valence-electron chi connectivity index (χ1n) is 3.30. The normalized spacial score (nSPS) is 10.0. The lowest BCUT2D eigenvalue weighted by molar-refractivity contribution is -0.136. The fourth-order valence-electron chi connectivity index (χ4n) is 0.968. The summed E-state index contributed by atoms with van der Waals surface area (Å²) in [5.74, 6) is -0.822. The summed E-state index contributed by atoms with van der Waals surface area (Å²) in [6, 6.07) is 0.